The minimum absolute atomic E-state index is 0.0780. The highest BCUT2D eigenvalue weighted by Gasteiger charge is 2.16. The molecule has 4 nitrogen and oxygen atoms in total. The summed E-state index contributed by atoms with van der Waals surface area (Å²) >= 11 is 0. The largest absolute Gasteiger partial charge is 0.396 e. The van der Waals surface area contributed by atoms with Crippen LogP contribution in [0.3, 0.4) is 0 Å². The summed E-state index contributed by atoms with van der Waals surface area (Å²) in [5.41, 5.74) is 1.69. The molecule has 0 aliphatic rings. The Bertz CT molecular complexity index is 549. The monoisotopic (exact) mass is 272 g/mol. The molecule has 1 amide bonds. The molecule has 1 unspecified atom stereocenters. The van der Waals surface area contributed by atoms with Crippen LogP contribution < -0.4 is 5.32 Å². The maximum Gasteiger partial charge on any atom is 0.268 e. The first kappa shape index (κ1) is 14.3. The number of aliphatic hydroxyl groups excluding tert-OH is 1. The van der Waals surface area contributed by atoms with E-state index in [9.17, 15) is 4.79 Å². The highest BCUT2D eigenvalue weighted by Crippen LogP contribution is 2.18. The number of amides is 1. The quantitative estimate of drug-likeness (QED) is 0.847. The van der Waals surface area contributed by atoms with Gasteiger partial charge in [-0.15, -0.1) is 0 Å². The summed E-state index contributed by atoms with van der Waals surface area (Å²) in [4.78, 5) is 12.3. The summed E-state index contributed by atoms with van der Waals surface area (Å²) in [5, 5.41) is 12.0. The van der Waals surface area contributed by atoms with Crippen molar-refractivity contribution in [3.63, 3.8) is 0 Å². The second-order valence-electron chi connectivity index (χ2n) is 4.81. The van der Waals surface area contributed by atoms with Gasteiger partial charge >= 0.3 is 0 Å². The van der Waals surface area contributed by atoms with Crippen molar-refractivity contribution in [2.75, 3.05) is 6.61 Å². The van der Waals surface area contributed by atoms with Crippen molar-refractivity contribution in [3.8, 4) is 0 Å². The molecular formula is C16H20N2O2. The Labute approximate surface area is 119 Å². The van der Waals surface area contributed by atoms with Gasteiger partial charge in [0.2, 0.25) is 0 Å². The fourth-order valence-electron chi connectivity index (χ4n) is 2.23. The zero-order valence-electron chi connectivity index (χ0n) is 11.6. The van der Waals surface area contributed by atoms with Gasteiger partial charge in [-0.3, -0.25) is 4.79 Å². The lowest BCUT2D eigenvalue weighted by Crippen LogP contribution is -2.30. The molecule has 20 heavy (non-hydrogen) atoms. The van der Waals surface area contributed by atoms with Gasteiger partial charge in [0.1, 0.15) is 5.69 Å². The third kappa shape index (κ3) is 3.48. The van der Waals surface area contributed by atoms with E-state index in [1.807, 2.05) is 49.6 Å². The van der Waals surface area contributed by atoms with Crippen molar-refractivity contribution in [2.24, 2.45) is 7.05 Å². The Morgan fingerprint density at radius 2 is 2.00 bits per heavy atom. The summed E-state index contributed by atoms with van der Waals surface area (Å²) < 4.78 is 1.80. The van der Waals surface area contributed by atoms with E-state index in [4.69, 9.17) is 5.11 Å². The standard InChI is InChI=1S/C16H20N2O2/c1-18-11-5-10-15(18)16(20)17-14(9-6-12-19)13-7-3-2-4-8-13/h2-5,7-8,10-11,14,19H,6,9,12H2,1H3,(H,17,20). The Morgan fingerprint density at radius 1 is 1.25 bits per heavy atom. The number of aromatic nitrogens is 1. The summed E-state index contributed by atoms with van der Waals surface area (Å²) in [6, 6.07) is 13.4. The van der Waals surface area contributed by atoms with Crippen LogP contribution in [0.2, 0.25) is 0 Å². The Hall–Kier alpha value is -2.07. The molecule has 0 fully saturated rings. The molecule has 0 radical (unpaired) electrons. The molecule has 2 aromatic rings. The van der Waals surface area contributed by atoms with E-state index in [-0.39, 0.29) is 18.6 Å². The maximum absolute atomic E-state index is 12.3. The number of benzene rings is 1. The van der Waals surface area contributed by atoms with Crippen LogP contribution in [0.25, 0.3) is 0 Å². The molecule has 106 valence electrons. The number of hydrogen-bond acceptors (Lipinski definition) is 2. The third-order valence-corrected chi connectivity index (χ3v) is 3.33. The van der Waals surface area contributed by atoms with Crippen LogP contribution in [0, 0.1) is 0 Å². The lowest BCUT2D eigenvalue weighted by Gasteiger charge is -2.19. The summed E-state index contributed by atoms with van der Waals surface area (Å²) in [5.74, 6) is -0.0932. The molecule has 0 spiro atoms. The summed E-state index contributed by atoms with van der Waals surface area (Å²) in [6.07, 6.45) is 3.23. The normalized spacial score (nSPS) is 12.1. The van der Waals surface area contributed by atoms with E-state index < -0.39 is 0 Å². The highest BCUT2D eigenvalue weighted by molar-refractivity contribution is 5.93. The predicted molar refractivity (Wildman–Crippen MR) is 78.4 cm³/mol. The third-order valence-electron chi connectivity index (χ3n) is 3.33. The van der Waals surface area contributed by atoms with Gasteiger partial charge in [0.25, 0.3) is 5.91 Å². The fraction of sp³-hybridized carbons (Fsp3) is 0.312. The zero-order valence-corrected chi connectivity index (χ0v) is 11.6. The average molecular weight is 272 g/mol. The predicted octanol–water partition coefficient (Wildman–Crippen LogP) is 2.27. The molecule has 0 bridgehead atoms. The Kier molecular flexibility index (Phi) is 4.96. The maximum atomic E-state index is 12.3. The van der Waals surface area contributed by atoms with E-state index in [0.29, 0.717) is 12.1 Å². The molecular weight excluding hydrogens is 252 g/mol. The molecule has 0 saturated carbocycles. The molecule has 1 atom stereocenters. The molecule has 4 heteroatoms. The molecule has 0 aliphatic heterocycles. The molecule has 1 aromatic carbocycles. The van der Waals surface area contributed by atoms with Crippen LogP contribution in [-0.2, 0) is 7.05 Å². The van der Waals surface area contributed by atoms with E-state index in [1.54, 1.807) is 10.6 Å². The molecule has 0 aliphatic carbocycles. The lowest BCUT2D eigenvalue weighted by atomic mass is 10.0. The van der Waals surface area contributed by atoms with Crippen LogP contribution in [-0.4, -0.2) is 22.2 Å². The Morgan fingerprint density at radius 3 is 2.60 bits per heavy atom. The first-order valence-corrected chi connectivity index (χ1v) is 6.80. The second kappa shape index (κ2) is 6.91. The first-order chi connectivity index (χ1) is 9.72. The van der Waals surface area contributed by atoms with E-state index in [2.05, 4.69) is 5.32 Å². The average Bonchev–Trinajstić information content (AvgIpc) is 2.90. The number of nitrogens with one attached hydrogen (secondary N) is 1. The number of carbonyl (C=O) groups is 1. The number of aryl methyl sites for hydroxylation is 1. The smallest absolute Gasteiger partial charge is 0.268 e. The first-order valence-electron chi connectivity index (χ1n) is 6.80. The second-order valence-corrected chi connectivity index (χ2v) is 4.81. The minimum Gasteiger partial charge on any atom is -0.396 e. The number of carbonyl (C=O) groups excluding carboxylic acids is 1. The number of rotatable bonds is 6. The number of hydrogen-bond donors (Lipinski definition) is 2. The molecule has 2 N–H and O–H groups in total. The van der Waals surface area contributed by atoms with E-state index >= 15 is 0 Å². The lowest BCUT2D eigenvalue weighted by molar-refractivity contribution is 0.0924. The van der Waals surface area contributed by atoms with Crippen LogP contribution in [0.5, 0.6) is 0 Å². The van der Waals surface area contributed by atoms with Crippen molar-refractivity contribution in [2.45, 2.75) is 18.9 Å². The van der Waals surface area contributed by atoms with Gasteiger partial charge in [0.15, 0.2) is 0 Å². The molecule has 1 aromatic heterocycles. The van der Waals surface area contributed by atoms with Crippen LogP contribution >= 0.6 is 0 Å². The van der Waals surface area contributed by atoms with Gasteiger partial charge in [-0.1, -0.05) is 30.3 Å². The van der Waals surface area contributed by atoms with E-state index in [1.165, 1.54) is 0 Å². The van der Waals surface area contributed by atoms with Crippen molar-refractivity contribution in [1.82, 2.24) is 9.88 Å². The molecule has 2 rings (SSSR count). The topological polar surface area (TPSA) is 54.3 Å². The molecule has 1 heterocycles. The van der Waals surface area contributed by atoms with Gasteiger partial charge in [-0.05, 0) is 30.5 Å². The SMILES string of the molecule is Cn1cccc1C(=O)NC(CCCO)c1ccccc1. The number of nitrogens with zero attached hydrogens (tertiary/aromatic N) is 1. The zero-order chi connectivity index (χ0) is 14.4. The summed E-state index contributed by atoms with van der Waals surface area (Å²) in [7, 11) is 1.85. The summed E-state index contributed by atoms with van der Waals surface area (Å²) in [6.45, 7) is 0.128. The van der Waals surface area contributed by atoms with Gasteiger partial charge in [0.05, 0.1) is 6.04 Å². The number of aliphatic hydroxyl groups is 1. The van der Waals surface area contributed by atoms with Crippen LogP contribution in [0.15, 0.2) is 48.7 Å². The van der Waals surface area contributed by atoms with Crippen molar-refractivity contribution >= 4 is 5.91 Å². The Balaban J connectivity index is 2.12. The van der Waals surface area contributed by atoms with Gasteiger partial charge in [-0.2, -0.15) is 0 Å². The fourth-order valence-corrected chi connectivity index (χ4v) is 2.23. The van der Waals surface area contributed by atoms with Crippen LogP contribution in [0.4, 0.5) is 0 Å². The van der Waals surface area contributed by atoms with Crippen molar-refractivity contribution in [1.29, 1.82) is 0 Å². The van der Waals surface area contributed by atoms with E-state index in [0.717, 1.165) is 12.0 Å². The van der Waals surface area contributed by atoms with Crippen LogP contribution in [0.1, 0.15) is 34.9 Å². The van der Waals surface area contributed by atoms with Crippen molar-refractivity contribution in [3.05, 3.63) is 59.9 Å². The van der Waals surface area contributed by atoms with Crippen molar-refractivity contribution < 1.29 is 9.90 Å². The van der Waals surface area contributed by atoms with Gasteiger partial charge in [-0.25, -0.2) is 0 Å². The highest BCUT2D eigenvalue weighted by atomic mass is 16.3. The minimum atomic E-state index is -0.0932. The molecule has 0 saturated heterocycles. The van der Waals surface area contributed by atoms with Gasteiger partial charge in [0, 0.05) is 19.9 Å². The van der Waals surface area contributed by atoms with Gasteiger partial charge < -0.3 is 15.0 Å².